The molecule has 0 saturated carbocycles. The summed E-state index contributed by atoms with van der Waals surface area (Å²) < 4.78 is 18.1. The number of amides is 1. The molecule has 2 aromatic carbocycles. The molecular formula is C32H28N3O7+. The summed E-state index contributed by atoms with van der Waals surface area (Å²) in [4.78, 5) is 44.2. The number of methoxy groups -OCH3 is 1. The molecule has 0 unspecified atom stereocenters. The molecule has 42 heavy (non-hydrogen) atoms. The molecule has 2 aromatic heterocycles. The van der Waals surface area contributed by atoms with Crippen LogP contribution in [0.2, 0.25) is 0 Å². The molecule has 7 rings (SSSR count). The van der Waals surface area contributed by atoms with Crippen molar-refractivity contribution in [2.24, 2.45) is 0 Å². The van der Waals surface area contributed by atoms with Gasteiger partial charge in [-0.25, -0.2) is 9.78 Å². The number of rotatable bonds is 6. The van der Waals surface area contributed by atoms with E-state index >= 15 is 0 Å². The van der Waals surface area contributed by atoms with E-state index in [2.05, 4.69) is 6.58 Å². The van der Waals surface area contributed by atoms with Gasteiger partial charge in [0.1, 0.15) is 32.0 Å². The Labute approximate surface area is 240 Å². The first-order chi connectivity index (χ1) is 20.3. The first-order valence-electron chi connectivity index (χ1n) is 13.6. The highest BCUT2D eigenvalue weighted by atomic mass is 16.6. The van der Waals surface area contributed by atoms with Crippen molar-refractivity contribution in [1.29, 1.82) is 0 Å². The van der Waals surface area contributed by atoms with Crippen molar-refractivity contribution in [3.05, 3.63) is 105 Å². The van der Waals surface area contributed by atoms with Gasteiger partial charge < -0.3 is 23.9 Å². The summed E-state index contributed by atoms with van der Waals surface area (Å²) in [7, 11) is 1.60. The lowest BCUT2D eigenvalue weighted by molar-refractivity contribution is -0.165. The molecule has 10 heteroatoms. The number of hydrogen-bond acceptors (Lipinski definition) is 8. The van der Waals surface area contributed by atoms with E-state index in [1.807, 2.05) is 48.5 Å². The Morgan fingerprint density at radius 1 is 1.14 bits per heavy atom. The fourth-order valence-electron chi connectivity index (χ4n) is 6.03. The number of esters is 1. The summed E-state index contributed by atoms with van der Waals surface area (Å²) in [6, 6.07) is 16.9. The van der Waals surface area contributed by atoms with E-state index in [1.165, 1.54) is 0 Å². The van der Waals surface area contributed by atoms with E-state index in [-0.39, 0.29) is 53.6 Å². The van der Waals surface area contributed by atoms with E-state index in [4.69, 9.17) is 19.2 Å². The van der Waals surface area contributed by atoms with Gasteiger partial charge in [0.15, 0.2) is 0 Å². The lowest BCUT2D eigenvalue weighted by atomic mass is 9.88. The van der Waals surface area contributed by atoms with E-state index in [1.54, 1.807) is 17.7 Å². The van der Waals surface area contributed by atoms with Crippen LogP contribution in [0.3, 0.4) is 0 Å². The van der Waals surface area contributed by atoms with Gasteiger partial charge in [-0.3, -0.25) is 4.79 Å². The molecule has 3 aliphatic heterocycles. The lowest BCUT2D eigenvalue weighted by Gasteiger charge is -2.30. The van der Waals surface area contributed by atoms with Crippen molar-refractivity contribution in [2.45, 2.75) is 32.0 Å². The Hall–Kier alpha value is -4.64. The molecular weight excluding hydrogens is 538 g/mol. The summed E-state index contributed by atoms with van der Waals surface area (Å²) in [5, 5.41) is 11.9. The first-order valence-corrected chi connectivity index (χ1v) is 13.6. The smallest absolute Gasteiger partial charge is 0.458 e. The zero-order valence-electron chi connectivity index (χ0n) is 23.0. The molecule has 10 nitrogen and oxygen atoms in total. The molecule has 1 amide bonds. The minimum absolute atomic E-state index is 0.0901. The van der Waals surface area contributed by atoms with Gasteiger partial charge in [0.2, 0.25) is 5.60 Å². The van der Waals surface area contributed by atoms with Crippen LogP contribution in [-0.2, 0) is 51.0 Å². The highest BCUT2D eigenvalue weighted by molar-refractivity contribution is 5.94. The molecule has 1 atom stereocenters. The maximum Gasteiger partial charge on any atom is 0.521 e. The van der Waals surface area contributed by atoms with Crippen LogP contribution in [0.4, 0.5) is 10.5 Å². The van der Waals surface area contributed by atoms with Gasteiger partial charge in [0.05, 0.1) is 35.6 Å². The SMILES string of the molecule is C=C[C@@]1(O)C(=O)OCc2c1cc1n(c2=O)Cc2c-1nc1ccc([N+]3(C(=O)OCc4ccccc4)CC3)cc1c2COC. The van der Waals surface area contributed by atoms with Gasteiger partial charge in [0, 0.05) is 35.8 Å². The molecule has 0 spiro atoms. The number of carbonyl (C=O) groups is 2. The summed E-state index contributed by atoms with van der Waals surface area (Å²) in [6.45, 7) is 5.33. The quantitative estimate of drug-likeness (QED) is 0.143. The maximum atomic E-state index is 13.6. The molecule has 1 N–H and O–H groups in total. The fraction of sp³-hybridized carbons (Fsp3) is 0.250. The van der Waals surface area contributed by atoms with Crippen molar-refractivity contribution in [3.63, 3.8) is 0 Å². The van der Waals surface area contributed by atoms with E-state index < -0.39 is 11.6 Å². The first kappa shape index (κ1) is 26.3. The average Bonchev–Trinajstić information content (AvgIpc) is 3.74. The second kappa shape index (κ2) is 9.45. The fourth-order valence-corrected chi connectivity index (χ4v) is 6.03. The van der Waals surface area contributed by atoms with E-state index in [0.717, 1.165) is 33.8 Å². The van der Waals surface area contributed by atoms with Crippen molar-refractivity contribution in [2.75, 3.05) is 20.2 Å². The number of carbonyl (C=O) groups excluding carboxylic acids is 2. The lowest BCUT2D eigenvalue weighted by Crippen LogP contribution is -2.43. The van der Waals surface area contributed by atoms with Crippen molar-refractivity contribution >= 4 is 28.7 Å². The number of ether oxygens (including phenoxy) is 3. The van der Waals surface area contributed by atoms with Crippen LogP contribution in [0.5, 0.6) is 0 Å². The molecule has 3 aliphatic rings. The Bertz CT molecular complexity index is 1880. The molecule has 1 saturated heterocycles. The van der Waals surface area contributed by atoms with Crippen LogP contribution in [0.15, 0.2) is 72.0 Å². The zero-order chi connectivity index (χ0) is 29.2. The van der Waals surface area contributed by atoms with Crippen LogP contribution >= 0.6 is 0 Å². The predicted octanol–water partition coefficient (Wildman–Crippen LogP) is 3.66. The number of hydrogen-bond donors (Lipinski definition) is 1. The summed E-state index contributed by atoms with van der Waals surface area (Å²) >= 11 is 0. The maximum absolute atomic E-state index is 13.6. The van der Waals surface area contributed by atoms with E-state index in [0.29, 0.717) is 30.0 Å². The van der Waals surface area contributed by atoms with Crippen LogP contribution in [-0.4, -0.2) is 46.9 Å². The Kier molecular flexibility index (Phi) is 5.91. The number of quaternary nitrogens is 1. The molecule has 1 fully saturated rings. The van der Waals surface area contributed by atoms with Gasteiger partial charge in [-0.05, 0) is 29.3 Å². The minimum atomic E-state index is -2.13. The Balaban J connectivity index is 1.31. The number of nitrogens with zero attached hydrogens (tertiary/aromatic N) is 3. The largest absolute Gasteiger partial charge is 0.521 e. The number of cyclic esters (lactones) is 1. The third-order valence-electron chi connectivity index (χ3n) is 8.52. The monoisotopic (exact) mass is 566 g/mol. The van der Waals surface area contributed by atoms with Gasteiger partial charge in [-0.2, -0.15) is 9.28 Å². The molecule has 0 aliphatic carbocycles. The number of pyridine rings is 2. The molecule has 4 aromatic rings. The highest BCUT2D eigenvalue weighted by Gasteiger charge is 2.54. The predicted molar refractivity (Wildman–Crippen MR) is 153 cm³/mol. The number of aromatic nitrogens is 2. The highest BCUT2D eigenvalue weighted by Crippen LogP contribution is 2.42. The number of aliphatic hydroxyl groups is 1. The van der Waals surface area contributed by atoms with Gasteiger partial charge >= 0.3 is 12.1 Å². The summed E-state index contributed by atoms with van der Waals surface area (Å²) in [6.07, 6.45) is 0.777. The second-order valence-corrected chi connectivity index (χ2v) is 10.9. The van der Waals surface area contributed by atoms with Crippen LogP contribution in [0.25, 0.3) is 22.3 Å². The van der Waals surface area contributed by atoms with E-state index in [9.17, 15) is 19.5 Å². The van der Waals surface area contributed by atoms with Gasteiger partial charge in [-0.1, -0.05) is 36.9 Å². The second-order valence-electron chi connectivity index (χ2n) is 10.9. The molecule has 212 valence electrons. The molecule has 5 heterocycles. The van der Waals surface area contributed by atoms with Crippen LogP contribution < -0.4 is 10.0 Å². The minimum Gasteiger partial charge on any atom is -0.458 e. The van der Waals surface area contributed by atoms with Gasteiger partial charge in [0.25, 0.3) is 5.56 Å². The third-order valence-corrected chi connectivity index (χ3v) is 8.52. The normalized spacial score (nSPS) is 19.4. The average molecular weight is 567 g/mol. The van der Waals surface area contributed by atoms with Crippen LogP contribution in [0, 0.1) is 0 Å². The van der Waals surface area contributed by atoms with Crippen molar-refractivity contribution < 1.29 is 28.9 Å². The molecule has 0 radical (unpaired) electrons. The van der Waals surface area contributed by atoms with Crippen molar-refractivity contribution in [1.82, 2.24) is 14.0 Å². The third kappa shape index (κ3) is 3.76. The van der Waals surface area contributed by atoms with Gasteiger partial charge in [-0.15, -0.1) is 0 Å². The Morgan fingerprint density at radius 2 is 1.93 bits per heavy atom. The number of benzene rings is 2. The van der Waals surface area contributed by atoms with Crippen molar-refractivity contribution in [3.8, 4) is 11.4 Å². The number of fused-ring (bicyclic) bond motifs is 5. The summed E-state index contributed by atoms with van der Waals surface area (Å²) in [5.74, 6) is -0.874. The zero-order valence-corrected chi connectivity index (χ0v) is 23.0. The van der Waals surface area contributed by atoms with Crippen LogP contribution in [0.1, 0.15) is 27.8 Å². The summed E-state index contributed by atoms with van der Waals surface area (Å²) in [5.41, 5.74) is 2.98. The topological polar surface area (TPSA) is 117 Å². The Morgan fingerprint density at radius 3 is 2.64 bits per heavy atom. The standard InChI is InChI=1S/C32H28N3O7/c1-3-32(39)25-14-27-28-22(15-34(27)29(36)24(25)18-41-30(32)37)23(17-40-2)21-13-20(9-10-26(21)33-28)35(11-12-35)31(38)42-16-19-7-5-4-6-8-19/h3-10,13-14,39H,1,11-12,15-18H2,2H3/q+1/t32-/m0/s1. The molecule has 0 bridgehead atoms.